The Kier molecular flexibility index (Phi) is 2.82. The van der Waals surface area contributed by atoms with Crippen LogP contribution in [0.2, 0.25) is 5.02 Å². The number of halogens is 1. The molecular weight excluding hydrogens is 276 g/mol. The van der Waals surface area contributed by atoms with Crippen LogP contribution in [0.1, 0.15) is 19.4 Å². The maximum Gasteiger partial charge on any atom is 0.259 e. The van der Waals surface area contributed by atoms with Crippen LogP contribution in [0.3, 0.4) is 0 Å². The molecule has 0 aliphatic carbocycles. The molecule has 0 aromatic heterocycles. The van der Waals surface area contributed by atoms with Crippen LogP contribution in [-0.2, 0) is 21.4 Å². The van der Waals surface area contributed by atoms with Gasteiger partial charge in [-0.1, -0.05) is 11.6 Å². The number of rotatable bonds is 2. The largest absolute Gasteiger partial charge is 0.398 e. The van der Waals surface area contributed by atoms with Crippen molar-refractivity contribution in [3.05, 3.63) is 28.8 Å². The topological polar surface area (TPSA) is 80.5 Å². The molecule has 5 nitrogen and oxygen atoms in total. The van der Waals surface area contributed by atoms with E-state index in [1.165, 1.54) is 13.8 Å². The van der Waals surface area contributed by atoms with Crippen LogP contribution in [0.25, 0.3) is 0 Å². The minimum atomic E-state index is -3.59. The number of benzene rings is 1. The number of carbonyl (C=O) groups is 1. The molecule has 7 heteroatoms. The van der Waals surface area contributed by atoms with Crippen LogP contribution in [0.15, 0.2) is 18.2 Å². The average Bonchev–Trinajstić information content (AvgIpc) is 2.28. The normalized spacial score (nSPS) is 20.6. The van der Waals surface area contributed by atoms with Crippen LogP contribution >= 0.6 is 11.6 Å². The molecule has 0 atom stereocenters. The number of amides is 1. The number of nitrogens with two attached hydrogens (primary N) is 1. The number of nitrogen functional groups attached to an aromatic ring is 1. The van der Waals surface area contributed by atoms with E-state index in [0.717, 1.165) is 4.31 Å². The summed E-state index contributed by atoms with van der Waals surface area (Å²) in [5.41, 5.74) is 6.66. The fourth-order valence-corrected chi connectivity index (χ4v) is 3.48. The summed E-state index contributed by atoms with van der Waals surface area (Å²) in [5.74, 6) is -0.429. The first-order chi connectivity index (χ1) is 8.18. The van der Waals surface area contributed by atoms with E-state index in [1.807, 2.05) is 0 Å². The van der Waals surface area contributed by atoms with Crippen molar-refractivity contribution < 1.29 is 13.2 Å². The van der Waals surface area contributed by atoms with E-state index in [1.54, 1.807) is 18.2 Å². The molecule has 1 aromatic carbocycles. The third-order valence-corrected chi connectivity index (χ3v) is 5.67. The van der Waals surface area contributed by atoms with Crippen LogP contribution < -0.4 is 5.73 Å². The molecule has 1 aromatic rings. The van der Waals surface area contributed by atoms with Crippen molar-refractivity contribution in [1.82, 2.24) is 4.31 Å². The van der Waals surface area contributed by atoms with Gasteiger partial charge in [0, 0.05) is 10.7 Å². The Hall–Kier alpha value is -1.27. The standard InChI is InChI=1S/C11H13ClN2O3S/c1-11(2)10(15)14(18(11,16)17)6-7-5-8(12)3-4-9(7)13/h3-5H,6,13H2,1-2H3. The summed E-state index contributed by atoms with van der Waals surface area (Å²) in [7, 11) is -3.59. The molecule has 1 aliphatic heterocycles. The Labute approximate surface area is 111 Å². The van der Waals surface area contributed by atoms with Gasteiger partial charge in [0.25, 0.3) is 15.9 Å². The number of carbonyl (C=O) groups excluding carboxylic acids is 1. The summed E-state index contributed by atoms with van der Waals surface area (Å²) in [6.07, 6.45) is 0. The Morgan fingerprint density at radius 3 is 2.56 bits per heavy atom. The zero-order chi connectivity index (χ0) is 13.7. The first-order valence-electron chi connectivity index (χ1n) is 5.28. The van der Waals surface area contributed by atoms with Crippen LogP contribution in [0.5, 0.6) is 0 Å². The molecule has 18 heavy (non-hydrogen) atoms. The lowest BCUT2D eigenvalue weighted by atomic mass is 10.1. The minimum absolute atomic E-state index is 0.0724. The quantitative estimate of drug-likeness (QED) is 0.834. The summed E-state index contributed by atoms with van der Waals surface area (Å²) in [4.78, 5) is 11.8. The van der Waals surface area contributed by atoms with Crippen LogP contribution in [0.4, 0.5) is 5.69 Å². The van der Waals surface area contributed by atoms with Crippen LogP contribution in [-0.4, -0.2) is 23.4 Å². The van der Waals surface area contributed by atoms with Crippen molar-refractivity contribution >= 4 is 33.2 Å². The lowest BCUT2D eigenvalue weighted by Crippen LogP contribution is -2.66. The van der Waals surface area contributed by atoms with Crippen molar-refractivity contribution in [1.29, 1.82) is 0 Å². The van der Waals surface area contributed by atoms with Gasteiger partial charge in [-0.2, -0.15) is 0 Å². The van der Waals surface area contributed by atoms with E-state index in [0.29, 0.717) is 16.3 Å². The number of sulfonamides is 1. The smallest absolute Gasteiger partial charge is 0.259 e. The molecule has 1 fully saturated rings. The van der Waals surface area contributed by atoms with Crippen molar-refractivity contribution in [2.24, 2.45) is 0 Å². The Morgan fingerprint density at radius 1 is 1.39 bits per heavy atom. The number of anilines is 1. The zero-order valence-corrected chi connectivity index (χ0v) is 11.5. The zero-order valence-electron chi connectivity index (χ0n) is 9.97. The van der Waals surface area contributed by atoms with E-state index >= 15 is 0 Å². The van der Waals surface area contributed by atoms with Crippen LogP contribution in [0, 0.1) is 0 Å². The highest BCUT2D eigenvalue weighted by molar-refractivity contribution is 7.94. The van der Waals surface area contributed by atoms with E-state index in [-0.39, 0.29) is 6.54 Å². The molecule has 1 aliphatic rings. The van der Waals surface area contributed by atoms with Gasteiger partial charge < -0.3 is 5.73 Å². The molecule has 1 heterocycles. The first-order valence-corrected chi connectivity index (χ1v) is 7.10. The lowest BCUT2D eigenvalue weighted by molar-refractivity contribution is -0.132. The fourth-order valence-electron chi connectivity index (χ4n) is 1.78. The van der Waals surface area contributed by atoms with E-state index in [4.69, 9.17) is 17.3 Å². The molecule has 0 radical (unpaired) electrons. The summed E-state index contributed by atoms with van der Waals surface area (Å²) >= 11 is 5.82. The van der Waals surface area contributed by atoms with Gasteiger partial charge in [0.05, 0.1) is 6.54 Å². The van der Waals surface area contributed by atoms with Gasteiger partial charge in [0.2, 0.25) is 0 Å². The van der Waals surface area contributed by atoms with E-state index < -0.39 is 20.7 Å². The van der Waals surface area contributed by atoms with Crippen molar-refractivity contribution in [2.45, 2.75) is 25.1 Å². The third-order valence-electron chi connectivity index (χ3n) is 3.10. The molecular formula is C11H13ClN2O3S. The summed E-state index contributed by atoms with van der Waals surface area (Å²) in [5, 5.41) is 0.448. The van der Waals surface area contributed by atoms with Gasteiger partial charge in [-0.25, -0.2) is 12.7 Å². The van der Waals surface area contributed by atoms with E-state index in [2.05, 4.69) is 0 Å². The highest BCUT2D eigenvalue weighted by Gasteiger charge is 2.59. The molecule has 2 N–H and O–H groups in total. The Bertz CT molecular complexity index is 625. The highest BCUT2D eigenvalue weighted by Crippen LogP contribution is 2.36. The first kappa shape index (κ1) is 13.2. The Balaban J connectivity index is 2.32. The van der Waals surface area contributed by atoms with Crippen molar-refractivity contribution in [2.75, 3.05) is 5.73 Å². The Morgan fingerprint density at radius 2 is 2.00 bits per heavy atom. The number of nitrogens with zero attached hydrogens (tertiary/aromatic N) is 1. The maximum absolute atomic E-state index is 11.9. The van der Waals surface area contributed by atoms with Gasteiger partial charge in [-0.15, -0.1) is 0 Å². The summed E-state index contributed by atoms with van der Waals surface area (Å²) < 4.78 is 23.3. The fraction of sp³-hybridized carbons (Fsp3) is 0.364. The molecule has 0 spiro atoms. The monoisotopic (exact) mass is 288 g/mol. The SMILES string of the molecule is CC1(C)C(=O)N(Cc2cc(Cl)ccc2N)S1(=O)=O. The molecule has 2 rings (SSSR count). The molecule has 0 bridgehead atoms. The molecule has 98 valence electrons. The number of hydrogen-bond donors (Lipinski definition) is 1. The summed E-state index contributed by atoms with van der Waals surface area (Å²) in [6.45, 7) is 2.71. The van der Waals surface area contributed by atoms with Gasteiger partial charge in [0.15, 0.2) is 4.75 Å². The molecule has 0 saturated carbocycles. The maximum atomic E-state index is 11.9. The second-order valence-electron chi connectivity index (χ2n) is 4.67. The molecule has 0 unspecified atom stereocenters. The van der Waals surface area contributed by atoms with Gasteiger partial charge >= 0.3 is 0 Å². The summed E-state index contributed by atoms with van der Waals surface area (Å²) in [6, 6.07) is 4.75. The van der Waals surface area contributed by atoms with Gasteiger partial charge in [-0.05, 0) is 37.6 Å². The third kappa shape index (κ3) is 1.67. The second-order valence-corrected chi connectivity index (χ2v) is 7.52. The average molecular weight is 289 g/mol. The van der Waals surface area contributed by atoms with Gasteiger partial charge in [0.1, 0.15) is 0 Å². The highest BCUT2D eigenvalue weighted by atomic mass is 35.5. The molecule has 1 amide bonds. The lowest BCUT2D eigenvalue weighted by Gasteiger charge is -2.43. The van der Waals surface area contributed by atoms with Crippen molar-refractivity contribution in [3.63, 3.8) is 0 Å². The predicted octanol–water partition coefficient (Wildman–Crippen LogP) is 1.37. The van der Waals surface area contributed by atoms with E-state index in [9.17, 15) is 13.2 Å². The number of hydrogen-bond acceptors (Lipinski definition) is 4. The second kappa shape index (κ2) is 3.86. The minimum Gasteiger partial charge on any atom is -0.398 e. The van der Waals surface area contributed by atoms with Gasteiger partial charge in [-0.3, -0.25) is 4.79 Å². The predicted molar refractivity (Wildman–Crippen MR) is 69.4 cm³/mol. The van der Waals surface area contributed by atoms with Crippen molar-refractivity contribution in [3.8, 4) is 0 Å². The molecule has 1 saturated heterocycles.